The lowest BCUT2D eigenvalue weighted by molar-refractivity contribution is -0.139. The quantitative estimate of drug-likeness (QED) is 0.188. The highest BCUT2D eigenvalue weighted by Gasteiger charge is 2.25. The molecule has 11 heteroatoms. The average Bonchev–Trinajstić information content (AvgIpc) is 2.91. The van der Waals surface area contributed by atoms with E-state index in [4.69, 9.17) is 23.2 Å². The molecule has 0 aliphatic heterocycles. The highest BCUT2D eigenvalue weighted by atomic mass is 79.9. The van der Waals surface area contributed by atoms with Gasteiger partial charge >= 0.3 is 5.97 Å². The van der Waals surface area contributed by atoms with Crippen LogP contribution >= 0.6 is 39.1 Å². The van der Waals surface area contributed by atoms with Crippen LogP contribution in [0.5, 0.6) is 0 Å². The van der Waals surface area contributed by atoms with Crippen molar-refractivity contribution in [2.45, 2.75) is 17.4 Å². The zero-order valence-electron chi connectivity index (χ0n) is 20.1. The van der Waals surface area contributed by atoms with E-state index in [1.807, 2.05) is 42.5 Å². The zero-order valence-corrected chi connectivity index (χ0v) is 24.0. The summed E-state index contributed by atoms with van der Waals surface area (Å²) in [7, 11) is -4.23. The van der Waals surface area contributed by atoms with E-state index in [1.54, 1.807) is 12.1 Å². The van der Waals surface area contributed by atoms with E-state index < -0.39 is 27.9 Å². The molecule has 1 atom stereocenters. The first-order valence-electron chi connectivity index (χ1n) is 11.5. The molecule has 0 aliphatic carbocycles. The van der Waals surface area contributed by atoms with Crippen LogP contribution in [0.4, 0.5) is 5.69 Å². The number of nitrogens with one attached hydrogen (secondary N) is 2. The first-order valence-corrected chi connectivity index (χ1v) is 14.5. The normalized spacial score (nSPS) is 12.0. The molecule has 0 radical (unpaired) electrons. The van der Waals surface area contributed by atoms with Gasteiger partial charge in [-0.1, -0.05) is 93.7 Å². The summed E-state index contributed by atoms with van der Waals surface area (Å²) in [6, 6.07) is 24.1. The number of anilines is 1. The minimum absolute atomic E-state index is 0.0172. The third kappa shape index (κ3) is 7.19. The summed E-state index contributed by atoms with van der Waals surface area (Å²) in [5.41, 5.74) is 2.55. The monoisotopic (exact) mass is 646 g/mol. The predicted octanol–water partition coefficient (Wildman–Crippen LogP) is 6.65. The Balaban J connectivity index is 1.55. The van der Waals surface area contributed by atoms with Crippen molar-refractivity contribution in [2.24, 2.45) is 0 Å². The molecule has 3 N–H and O–H groups in total. The second-order valence-electron chi connectivity index (χ2n) is 8.50. The van der Waals surface area contributed by atoms with Crippen molar-refractivity contribution >= 4 is 66.7 Å². The highest BCUT2D eigenvalue weighted by molar-refractivity contribution is 9.10. The largest absolute Gasteiger partial charge is 0.480 e. The molecule has 0 saturated heterocycles. The second-order valence-corrected chi connectivity index (χ2v) is 11.9. The molecule has 4 rings (SSSR count). The molecule has 0 aliphatic rings. The fourth-order valence-electron chi connectivity index (χ4n) is 3.81. The van der Waals surface area contributed by atoms with Gasteiger partial charge in [-0.2, -0.15) is 0 Å². The second kappa shape index (κ2) is 12.2. The van der Waals surface area contributed by atoms with Crippen LogP contribution in [-0.4, -0.2) is 31.4 Å². The average molecular weight is 648 g/mol. The topological polar surface area (TPSA) is 113 Å². The fraction of sp³-hybridized carbons (Fsp3) is 0.0714. The number of benzene rings is 4. The molecule has 1 amide bonds. The molecule has 4 aromatic carbocycles. The van der Waals surface area contributed by atoms with Crippen molar-refractivity contribution in [1.29, 1.82) is 0 Å². The molecule has 7 nitrogen and oxygen atoms in total. The maximum absolute atomic E-state index is 13.2. The van der Waals surface area contributed by atoms with Gasteiger partial charge in [-0.3, -0.25) is 9.52 Å². The van der Waals surface area contributed by atoms with Crippen molar-refractivity contribution in [3.05, 3.63) is 117 Å². The number of sulfonamides is 1. The Bertz CT molecular complexity index is 1630. The van der Waals surface area contributed by atoms with Crippen molar-refractivity contribution in [2.75, 3.05) is 4.72 Å². The number of hydrogen-bond acceptors (Lipinski definition) is 4. The number of rotatable bonds is 9. The van der Waals surface area contributed by atoms with Gasteiger partial charge in [-0.15, -0.1) is 0 Å². The van der Waals surface area contributed by atoms with Crippen LogP contribution < -0.4 is 10.0 Å². The first-order chi connectivity index (χ1) is 18.5. The fourth-order valence-corrected chi connectivity index (χ4v) is 6.02. The van der Waals surface area contributed by atoms with Crippen molar-refractivity contribution < 1.29 is 23.1 Å². The summed E-state index contributed by atoms with van der Waals surface area (Å²) >= 11 is 15.3. The van der Waals surface area contributed by atoms with Crippen LogP contribution in [0.25, 0.3) is 11.1 Å². The minimum atomic E-state index is -4.23. The number of amides is 1. The van der Waals surface area contributed by atoms with Gasteiger partial charge in [0.1, 0.15) is 10.9 Å². The molecule has 0 aromatic heterocycles. The highest BCUT2D eigenvalue weighted by Crippen LogP contribution is 2.29. The molecule has 0 heterocycles. The van der Waals surface area contributed by atoms with Crippen LogP contribution in [0, 0.1) is 0 Å². The van der Waals surface area contributed by atoms with E-state index in [1.165, 1.54) is 36.4 Å². The molecule has 39 heavy (non-hydrogen) atoms. The molecular formula is C28H21BrCl2N2O5S. The van der Waals surface area contributed by atoms with Crippen molar-refractivity contribution in [1.82, 2.24) is 5.32 Å². The molecule has 200 valence electrons. The van der Waals surface area contributed by atoms with E-state index in [2.05, 4.69) is 26.0 Å². The Morgan fingerprint density at radius 1 is 0.872 bits per heavy atom. The van der Waals surface area contributed by atoms with Gasteiger partial charge in [0.2, 0.25) is 0 Å². The Kier molecular flexibility index (Phi) is 8.97. The number of carboxylic acid groups (broad SMARTS) is 1. The van der Waals surface area contributed by atoms with Gasteiger partial charge in [0.15, 0.2) is 0 Å². The van der Waals surface area contributed by atoms with Crippen LogP contribution in [0.15, 0.2) is 100 Å². The molecule has 0 saturated carbocycles. The molecule has 0 bridgehead atoms. The van der Waals surface area contributed by atoms with Gasteiger partial charge in [0.25, 0.3) is 15.9 Å². The van der Waals surface area contributed by atoms with Crippen molar-refractivity contribution in [3.8, 4) is 11.1 Å². The standard InChI is InChI=1S/C28H21BrCl2N2O5S/c29-20-10-13-24(33-39(37,38)26-16-21(30)11-12-23(26)31)22(15-20)27(34)32-25(28(35)36)14-17-6-8-19(9-7-17)18-4-2-1-3-5-18/h1-13,15-16,25,33H,14H2,(H,32,34)(H,35,36). The van der Waals surface area contributed by atoms with Crippen LogP contribution in [0.1, 0.15) is 15.9 Å². The lowest BCUT2D eigenvalue weighted by Crippen LogP contribution is -2.42. The summed E-state index contributed by atoms with van der Waals surface area (Å²) in [5.74, 6) is -2.02. The molecular weight excluding hydrogens is 627 g/mol. The SMILES string of the molecule is O=C(NC(Cc1ccc(-c2ccccc2)cc1)C(=O)O)c1cc(Br)ccc1NS(=O)(=O)c1cc(Cl)ccc1Cl. The maximum Gasteiger partial charge on any atom is 0.326 e. The molecule has 0 fully saturated rings. The number of carbonyl (C=O) groups excluding carboxylic acids is 1. The van der Waals surface area contributed by atoms with Gasteiger partial charge in [0, 0.05) is 15.9 Å². The summed E-state index contributed by atoms with van der Waals surface area (Å²) in [5, 5.41) is 12.4. The van der Waals surface area contributed by atoms with E-state index in [0.29, 0.717) is 10.0 Å². The Morgan fingerprint density at radius 2 is 1.54 bits per heavy atom. The summed E-state index contributed by atoms with van der Waals surface area (Å²) < 4.78 is 28.9. The lowest BCUT2D eigenvalue weighted by atomic mass is 10.0. The smallest absolute Gasteiger partial charge is 0.326 e. The number of aliphatic carboxylic acids is 1. The van der Waals surface area contributed by atoms with Gasteiger partial charge in [-0.25, -0.2) is 13.2 Å². The minimum Gasteiger partial charge on any atom is -0.480 e. The predicted molar refractivity (Wildman–Crippen MR) is 156 cm³/mol. The molecule has 4 aromatic rings. The van der Waals surface area contributed by atoms with E-state index in [9.17, 15) is 23.1 Å². The van der Waals surface area contributed by atoms with Crippen molar-refractivity contribution in [3.63, 3.8) is 0 Å². The Labute approximate surface area is 244 Å². The number of carbonyl (C=O) groups is 2. The number of halogens is 3. The van der Waals surface area contributed by atoms with Gasteiger partial charge < -0.3 is 10.4 Å². The van der Waals surface area contributed by atoms with Crippen LogP contribution in [-0.2, 0) is 21.2 Å². The summed E-state index contributed by atoms with van der Waals surface area (Å²) in [6.07, 6.45) is 0.0172. The Hall–Kier alpha value is -3.37. The number of carboxylic acids is 1. The zero-order chi connectivity index (χ0) is 28.2. The van der Waals surface area contributed by atoms with Gasteiger partial charge in [0.05, 0.1) is 16.3 Å². The van der Waals surface area contributed by atoms with E-state index in [0.717, 1.165) is 11.1 Å². The molecule has 1 unspecified atom stereocenters. The summed E-state index contributed by atoms with van der Waals surface area (Å²) in [4.78, 5) is 25.0. The van der Waals surface area contributed by atoms with Gasteiger partial charge in [-0.05, 0) is 53.1 Å². The third-order valence-electron chi connectivity index (χ3n) is 5.76. The third-order valence-corrected chi connectivity index (χ3v) is 8.33. The lowest BCUT2D eigenvalue weighted by Gasteiger charge is -2.18. The van der Waals surface area contributed by atoms with E-state index in [-0.39, 0.29) is 32.6 Å². The maximum atomic E-state index is 13.2. The number of hydrogen-bond donors (Lipinski definition) is 3. The van der Waals surface area contributed by atoms with E-state index >= 15 is 0 Å². The van der Waals surface area contributed by atoms with Crippen LogP contribution in [0.3, 0.4) is 0 Å². The van der Waals surface area contributed by atoms with Crippen LogP contribution in [0.2, 0.25) is 10.0 Å². The Morgan fingerprint density at radius 3 is 2.21 bits per heavy atom. The first kappa shape index (κ1) is 28.6. The summed E-state index contributed by atoms with van der Waals surface area (Å²) in [6.45, 7) is 0. The molecule has 0 spiro atoms.